The van der Waals surface area contributed by atoms with Gasteiger partial charge in [0.2, 0.25) is 0 Å². The van der Waals surface area contributed by atoms with Gasteiger partial charge in [-0.1, -0.05) is 33.1 Å². The van der Waals surface area contributed by atoms with Gasteiger partial charge in [0.15, 0.2) is 0 Å². The van der Waals surface area contributed by atoms with E-state index in [1.807, 2.05) is 0 Å². The summed E-state index contributed by atoms with van der Waals surface area (Å²) in [6.45, 7) is 9.05. The van der Waals surface area contributed by atoms with E-state index in [1.54, 1.807) is 0 Å². The maximum absolute atomic E-state index is 6.19. The second-order valence-corrected chi connectivity index (χ2v) is 5.57. The van der Waals surface area contributed by atoms with Crippen molar-refractivity contribution in [1.29, 1.82) is 0 Å². The van der Waals surface area contributed by atoms with Crippen LogP contribution in [0.3, 0.4) is 0 Å². The predicted octanol–water partition coefficient (Wildman–Crippen LogP) is 4.16. The molecule has 14 heavy (non-hydrogen) atoms. The van der Waals surface area contributed by atoms with Crippen molar-refractivity contribution in [2.75, 3.05) is 0 Å². The van der Waals surface area contributed by atoms with E-state index in [1.165, 1.54) is 38.5 Å². The Balaban J connectivity index is 2.33. The fourth-order valence-corrected chi connectivity index (χ4v) is 2.62. The molecule has 0 amide bonds. The van der Waals surface area contributed by atoms with E-state index >= 15 is 0 Å². The van der Waals surface area contributed by atoms with Crippen LogP contribution in [0, 0.1) is 5.92 Å². The van der Waals surface area contributed by atoms with Gasteiger partial charge in [-0.2, -0.15) is 0 Å². The van der Waals surface area contributed by atoms with Gasteiger partial charge in [0.1, 0.15) is 0 Å². The van der Waals surface area contributed by atoms with E-state index < -0.39 is 0 Å². The minimum absolute atomic E-state index is 0.187. The molecule has 0 spiro atoms. The smallest absolute Gasteiger partial charge is 0.0658 e. The first kappa shape index (κ1) is 12.0. The lowest BCUT2D eigenvalue weighted by Gasteiger charge is -2.36. The second kappa shape index (κ2) is 5.16. The first-order valence-electron chi connectivity index (χ1n) is 6.20. The molecule has 84 valence electrons. The molecule has 1 aliphatic rings. The molecule has 0 bridgehead atoms. The summed E-state index contributed by atoms with van der Waals surface area (Å²) in [4.78, 5) is 0. The molecule has 0 aromatic rings. The lowest BCUT2D eigenvalue weighted by molar-refractivity contribution is -0.101. The SMILES string of the molecule is CC(C)CC(C)OC1(C)CCCCC1. The van der Waals surface area contributed by atoms with Gasteiger partial charge in [-0.05, 0) is 39.0 Å². The molecule has 0 N–H and O–H groups in total. The van der Waals surface area contributed by atoms with E-state index in [-0.39, 0.29) is 5.60 Å². The Kier molecular flexibility index (Phi) is 4.43. The van der Waals surface area contributed by atoms with Crippen LogP contribution in [-0.2, 0) is 4.74 Å². The van der Waals surface area contributed by atoms with Crippen molar-refractivity contribution in [1.82, 2.24) is 0 Å². The van der Waals surface area contributed by atoms with Gasteiger partial charge < -0.3 is 4.74 Å². The Morgan fingerprint density at radius 3 is 2.14 bits per heavy atom. The van der Waals surface area contributed by atoms with E-state index in [0.717, 1.165) is 5.92 Å². The Bertz CT molecular complexity index is 157. The van der Waals surface area contributed by atoms with Gasteiger partial charge in [0.05, 0.1) is 11.7 Å². The molecule has 1 unspecified atom stereocenters. The fraction of sp³-hybridized carbons (Fsp3) is 1.00. The molecule has 0 radical (unpaired) electrons. The molecule has 1 atom stereocenters. The van der Waals surface area contributed by atoms with Crippen LogP contribution in [0.1, 0.15) is 66.2 Å². The topological polar surface area (TPSA) is 9.23 Å². The van der Waals surface area contributed by atoms with Crippen LogP contribution in [0.4, 0.5) is 0 Å². The van der Waals surface area contributed by atoms with Crippen molar-refractivity contribution in [3.63, 3.8) is 0 Å². The zero-order chi connectivity index (χ0) is 10.6. The van der Waals surface area contributed by atoms with Gasteiger partial charge >= 0.3 is 0 Å². The minimum atomic E-state index is 0.187. The van der Waals surface area contributed by atoms with Crippen molar-refractivity contribution in [2.45, 2.75) is 77.9 Å². The van der Waals surface area contributed by atoms with Crippen LogP contribution in [-0.4, -0.2) is 11.7 Å². The minimum Gasteiger partial charge on any atom is -0.372 e. The molecule has 1 nitrogen and oxygen atoms in total. The molecular weight excluding hydrogens is 172 g/mol. The van der Waals surface area contributed by atoms with Crippen LogP contribution in [0.15, 0.2) is 0 Å². The van der Waals surface area contributed by atoms with Crippen LogP contribution in [0.25, 0.3) is 0 Å². The van der Waals surface area contributed by atoms with Gasteiger partial charge in [0, 0.05) is 0 Å². The third-order valence-electron chi connectivity index (χ3n) is 3.20. The summed E-state index contributed by atoms with van der Waals surface area (Å²) in [6, 6.07) is 0. The molecule has 1 saturated carbocycles. The zero-order valence-electron chi connectivity index (χ0n) is 10.3. The summed E-state index contributed by atoms with van der Waals surface area (Å²) in [7, 11) is 0. The highest BCUT2D eigenvalue weighted by Crippen LogP contribution is 2.32. The summed E-state index contributed by atoms with van der Waals surface area (Å²) in [6.07, 6.45) is 8.24. The van der Waals surface area contributed by atoms with Gasteiger partial charge in [-0.3, -0.25) is 0 Å². The van der Waals surface area contributed by atoms with E-state index in [2.05, 4.69) is 27.7 Å². The van der Waals surface area contributed by atoms with E-state index in [4.69, 9.17) is 4.74 Å². The molecule has 1 fully saturated rings. The van der Waals surface area contributed by atoms with Crippen molar-refractivity contribution >= 4 is 0 Å². The monoisotopic (exact) mass is 198 g/mol. The standard InChI is InChI=1S/C13H26O/c1-11(2)10-12(3)14-13(4)8-6-5-7-9-13/h11-12H,5-10H2,1-4H3. The molecule has 1 rings (SSSR count). The first-order chi connectivity index (χ1) is 6.52. The average Bonchev–Trinajstić information content (AvgIpc) is 2.02. The van der Waals surface area contributed by atoms with Crippen LogP contribution >= 0.6 is 0 Å². The van der Waals surface area contributed by atoms with Crippen molar-refractivity contribution in [3.05, 3.63) is 0 Å². The molecule has 0 aromatic carbocycles. The first-order valence-corrected chi connectivity index (χ1v) is 6.20. The van der Waals surface area contributed by atoms with Crippen LogP contribution < -0.4 is 0 Å². The fourth-order valence-electron chi connectivity index (χ4n) is 2.62. The van der Waals surface area contributed by atoms with E-state index in [0.29, 0.717) is 6.10 Å². The quantitative estimate of drug-likeness (QED) is 0.659. The Morgan fingerprint density at radius 2 is 1.64 bits per heavy atom. The molecule has 0 aliphatic heterocycles. The van der Waals surface area contributed by atoms with Gasteiger partial charge in [-0.15, -0.1) is 0 Å². The van der Waals surface area contributed by atoms with Crippen molar-refractivity contribution in [3.8, 4) is 0 Å². The maximum atomic E-state index is 6.19. The Morgan fingerprint density at radius 1 is 1.07 bits per heavy atom. The third kappa shape index (κ3) is 4.00. The zero-order valence-corrected chi connectivity index (χ0v) is 10.3. The van der Waals surface area contributed by atoms with Crippen molar-refractivity contribution < 1.29 is 4.74 Å². The average molecular weight is 198 g/mol. The van der Waals surface area contributed by atoms with Crippen LogP contribution in [0.5, 0.6) is 0 Å². The summed E-state index contributed by atoms with van der Waals surface area (Å²) in [5.41, 5.74) is 0.187. The number of hydrogen-bond donors (Lipinski definition) is 0. The highest BCUT2D eigenvalue weighted by Gasteiger charge is 2.29. The summed E-state index contributed by atoms with van der Waals surface area (Å²) >= 11 is 0. The highest BCUT2D eigenvalue weighted by molar-refractivity contribution is 4.80. The van der Waals surface area contributed by atoms with Crippen LogP contribution in [0.2, 0.25) is 0 Å². The van der Waals surface area contributed by atoms with Crippen molar-refractivity contribution in [2.24, 2.45) is 5.92 Å². The molecule has 1 heteroatoms. The summed E-state index contributed by atoms with van der Waals surface area (Å²) in [5, 5.41) is 0. The molecule has 1 aliphatic carbocycles. The Labute approximate surface area is 89.2 Å². The highest BCUT2D eigenvalue weighted by atomic mass is 16.5. The summed E-state index contributed by atoms with van der Waals surface area (Å²) in [5.74, 6) is 0.747. The lowest BCUT2D eigenvalue weighted by atomic mass is 9.86. The van der Waals surface area contributed by atoms with Gasteiger partial charge in [0.25, 0.3) is 0 Å². The summed E-state index contributed by atoms with van der Waals surface area (Å²) < 4.78 is 6.19. The predicted molar refractivity (Wildman–Crippen MR) is 61.5 cm³/mol. The molecule has 0 heterocycles. The second-order valence-electron chi connectivity index (χ2n) is 5.57. The third-order valence-corrected chi connectivity index (χ3v) is 3.20. The molecule has 0 aromatic heterocycles. The number of hydrogen-bond acceptors (Lipinski definition) is 1. The molecule has 0 saturated heterocycles. The maximum Gasteiger partial charge on any atom is 0.0658 e. The Hall–Kier alpha value is -0.0400. The number of ether oxygens (including phenoxy) is 1. The lowest BCUT2D eigenvalue weighted by Crippen LogP contribution is -2.35. The molecular formula is C13H26O. The van der Waals surface area contributed by atoms with Gasteiger partial charge in [-0.25, -0.2) is 0 Å². The number of rotatable bonds is 4. The largest absolute Gasteiger partial charge is 0.372 e. The normalized spacial score (nSPS) is 23.8. The van der Waals surface area contributed by atoms with E-state index in [9.17, 15) is 0 Å².